The van der Waals surface area contributed by atoms with Crippen molar-refractivity contribution < 1.29 is 17.7 Å². The normalized spacial score (nSPS) is 12.2. The van der Waals surface area contributed by atoms with Gasteiger partial charge < -0.3 is 4.74 Å². The Labute approximate surface area is 97.0 Å². The van der Waals surface area contributed by atoms with E-state index in [0.717, 1.165) is 0 Å². The summed E-state index contributed by atoms with van der Waals surface area (Å²) in [6, 6.07) is 1.69. The van der Waals surface area contributed by atoms with E-state index >= 15 is 0 Å². The minimum absolute atomic E-state index is 0.102. The van der Waals surface area contributed by atoms with E-state index in [9.17, 15) is 8.42 Å². The van der Waals surface area contributed by atoms with Gasteiger partial charge in [0.1, 0.15) is 0 Å². The molecule has 2 heterocycles. The molecule has 0 radical (unpaired) electrons. The van der Waals surface area contributed by atoms with Gasteiger partial charge in [0.25, 0.3) is 10.9 Å². The lowest BCUT2D eigenvalue weighted by atomic mass is 10.3. The molecule has 0 unspecified atom stereocenters. The first kappa shape index (κ1) is 11.9. The summed E-state index contributed by atoms with van der Waals surface area (Å²) in [5.74, 6) is 0.102. The third-order valence-corrected chi connectivity index (χ3v) is 2.68. The summed E-state index contributed by atoms with van der Waals surface area (Å²) >= 11 is 0. The molecule has 0 aliphatic carbocycles. The maximum Gasteiger partial charge on any atom is 0.332 e. The Morgan fingerprint density at radius 3 is 2.76 bits per heavy atom. The first-order valence-corrected chi connectivity index (χ1v) is 6.05. The number of hydrogen-bond donors (Lipinski definition) is 1. The largest absolute Gasteiger partial charge is 0.378 e. The van der Waals surface area contributed by atoms with Crippen LogP contribution in [-0.4, -0.2) is 39.7 Å². The van der Waals surface area contributed by atoms with Crippen LogP contribution < -0.4 is 0 Å². The van der Waals surface area contributed by atoms with E-state index in [1.54, 1.807) is 13.0 Å². The van der Waals surface area contributed by atoms with Crippen molar-refractivity contribution in [3.05, 3.63) is 17.5 Å². The molecule has 0 aromatic carbocycles. The van der Waals surface area contributed by atoms with Crippen molar-refractivity contribution in [2.24, 2.45) is 0 Å². The number of methoxy groups -OCH3 is 1. The molecule has 0 fully saturated rings. The predicted molar refractivity (Wildman–Crippen MR) is 56.0 cm³/mol. The van der Waals surface area contributed by atoms with Crippen molar-refractivity contribution in [2.75, 3.05) is 7.11 Å². The minimum Gasteiger partial charge on any atom is -0.378 e. The zero-order valence-corrected chi connectivity index (χ0v) is 9.97. The van der Waals surface area contributed by atoms with Gasteiger partial charge in [-0.2, -0.15) is 13.4 Å². The van der Waals surface area contributed by atoms with Crippen LogP contribution in [-0.2, 0) is 21.5 Å². The van der Waals surface area contributed by atoms with Crippen molar-refractivity contribution in [1.29, 1.82) is 0 Å². The number of rotatable bonds is 3. The number of nitrogens with zero attached hydrogens (tertiary/aromatic N) is 4. The number of aromatic nitrogens is 4. The average molecular weight is 258 g/mol. The highest BCUT2D eigenvalue weighted by atomic mass is 32.2. The van der Waals surface area contributed by atoms with Gasteiger partial charge in [0.15, 0.2) is 0 Å². The molecule has 9 heteroatoms. The van der Waals surface area contributed by atoms with Crippen molar-refractivity contribution in [3.8, 4) is 0 Å². The van der Waals surface area contributed by atoms with Crippen molar-refractivity contribution in [2.45, 2.75) is 18.7 Å². The molecule has 2 aromatic rings. The molecular formula is C8H10N4O4S. The third kappa shape index (κ3) is 2.25. The van der Waals surface area contributed by atoms with E-state index in [2.05, 4.69) is 15.1 Å². The molecule has 0 saturated heterocycles. The van der Waals surface area contributed by atoms with Gasteiger partial charge in [0, 0.05) is 12.8 Å². The fraction of sp³-hybridized carbons (Fsp3) is 0.375. The Kier molecular flexibility index (Phi) is 2.81. The molecule has 92 valence electrons. The zero-order valence-electron chi connectivity index (χ0n) is 9.15. The van der Waals surface area contributed by atoms with Gasteiger partial charge in [-0.05, 0) is 13.0 Å². The van der Waals surface area contributed by atoms with Crippen molar-refractivity contribution in [3.63, 3.8) is 0 Å². The van der Waals surface area contributed by atoms with Crippen LogP contribution in [0.25, 0.3) is 5.78 Å². The summed E-state index contributed by atoms with van der Waals surface area (Å²) in [5.41, 5.74) is 1.25. The van der Waals surface area contributed by atoms with Crippen LogP contribution in [0.1, 0.15) is 11.4 Å². The summed E-state index contributed by atoms with van der Waals surface area (Å²) < 4.78 is 36.8. The highest BCUT2D eigenvalue weighted by molar-refractivity contribution is 7.85. The quantitative estimate of drug-likeness (QED) is 0.761. The third-order valence-electron chi connectivity index (χ3n) is 2.05. The predicted octanol–water partition coefficient (Wildman–Crippen LogP) is -0.174. The summed E-state index contributed by atoms with van der Waals surface area (Å²) in [4.78, 5) is 7.68. The first-order valence-electron chi connectivity index (χ1n) is 4.61. The van der Waals surface area contributed by atoms with Crippen LogP contribution in [0, 0.1) is 6.92 Å². The highest BCUT2D eigenvalue weighted by Gasteiger charge is 2.18. The number of hydrogen-bond acceptors (Lipinski definition) is 6. The molecule has 0 bridgehead atoms. The maximum absolute atomic E-state index is 10.9. The van der Waals surface area contributed by atoms with Gasteiger partial charge >= 0.3 is 10.1 Å². The van der Waals surface area contributed by atoms with Crippen LogP contribution in [0.3, 0.4) is 0 Å². The second-order valence-corrected chi connectivity index (χ2v) is 4.72. The summed E-state index contributed by atoms with van der Waals surface area (Å²) in [6.45, 7) is 2.00. The maximum atomic E-state index is 10.9. The van der Waals surface area contributed by atoms with E-state index in [4.69, 9.17) is 9.29 Å². The van der Waals surface area contributed by atoms with Gasteiger partial charge in [-0.3, -0.25) is 4.55 Å². The van der Waals surface area contributed by atoms with Gasteiger partial charge in [0.2, 0.25) is 0 Å². The zero-order chi connectivity index (χ0) is 12.6. The highest BCUT2D eigenvalue weighted by Crippen LogP contribution is 2.09. The van der Waals surface area contributed by atoms with E-state index in [0.29, 0.717) is 11.4 Å². The van der Waals surface area contributed by atoms with Gasteiger partial charge in [-0.25, -0.2) is 9.50 Å². The molecular weight excluding hydrogens is 248 g/mol. The number of aryl methyl sites for hydroxylation is 1. The molecule has 2 aromatic heterocycles. The fourth-order valence-corrected chi connectivity index (χ4v) is 1.77. The number of fused-ring (bicyclic) bond motifs is 1. The van der Waals surface area contributed by atoms with Crippen molar-refractivity contribution in [1.82, 2.24) is 19.6 Å². The first-order chi connectivity index (χ1) is 7.91. The van der Waals surface area contributed by atoms with Crippen LogP contribution in [0.5, 0.6) is 0 Å². The summed E-state index contributed by atoms with van der Waals surface area (Å²) in [5, 5.41) is 2.98. The summed E-state index contributed by atoms with van der Waals surface area (Å²) in [7, 11) is -2.90. The Morgan fingerprint density at radius 1 is 1.47 bits per heavy atom. The Bertz CT molecular complexity index is 663. The SMILES string of the molecule is COCc1cc(C)n2nc(S(=O)(=O)O)nc2n1. The topological polar surface area (TPSA) is 107 Å². The van der Waals surface area contributed by atoms with Crippen LogP contribution in [0.2, 0.25) is 0 Å². The smallest absolute Gasteiger partial charge is 0.332 e. The van der Waals surface area contributed by atoms with E-state index < -0.39 is 15.3 Å². The van der Waals surface area contributed by atoms with Crippen LogP contribution in [0.4, 0.5) is 0 Å². The van der Waals surface area contributed by atoms with E-state index in [1.165, 1.54) is 11.6 Å². The molecule has 0 spiro atoms. The Hall–Kier alpha value is -1.58. The van der Waals surface area contributed by atoms with Crippen LogP contribution in [0.15, 0.2) is 11.2 Å². The second-order valence-electron chi connectivity index (χ2n) is 3.40. The second kappa shape index (κ2) is 4.02. The monoisotopic (exact) mass is 258 g/mol. The summed E-state index contributed by atoms with van der Waals surface area (Å²) in [6.07, 6.45) is 0. The number of ether oxygens (including phenoxy) is 1. The Morgan fingerprint density at radius 2 is 2.18 bits per heavy atom. The minimum atomic E-state index is -4.42. The van der Waals surface area contributed by atoms with E-state index in [-0.39, 0.29) is 12.4 Å². The standard InChI is InChI=1S/C8H10N4O4S/c1-5-3-6(4-16-2)9-7-10-8(11-12(5)7)17(13,14)15/h3H,4H2,1-2H3,(H,13,14,15). The average Bonchev–Trinajstić information content (AvgIpc) is 2.61. The molecule has 2 rings (SSSR count). The molecule has 17 heavy (non-hydrogen) atoms. The van der Waals surface area contributed by atoms with Gasteiger partial charge in [-0.1, -0.05) is 0 Å². The molecule has 0 amide bonds. The fourth-order valence-electron chi connectivity index (χ4n) is 1.39. The van der Waals surface area contributed by atoms with Gasteiger partial charge in [-0.15, -0.1) is 5.10 Å². The lowest BCUT2D eigenvalue weighted by Crippen LogP contribution is -2.02. The lowest BCUT2D eigenvalue weighted by molar-refractivity contribution is 0.181. The van der Waals surface area contributed by atoms with Crippen LogP contribution >= 0.6 is 0 Å². The van der Waals surface area contributed by atoms with Crippen molar-refractivity contribution >= 4 is 15.9 Å². The molecule has 8 nitrogen and oxygen atoms in total. The molecule has 1 N–H and O–H groups in total. The molecule has 0 aliphatic heterocycles. The molecule has 0 atom stereocenters. The van der Waals surface area contributed by atoms with E-state index in [1.807, 2.05) is 0 Å². The van der Waals surface area contributed by atoms with Gasteiger partial charge in [0.05, 0.1) is 12.3 Å². The lowest BCUT2D eigenvalue weighted by Gasteiger charge is -2.01. The Balaban J connectivity index is 2.65. The molecule has 0 aliphatic rings. The molecule has 0 saturated carbocycles.